The normalized spacial score (nSPS) is 11.1. The van der Waals surface area contributed by atoms with Crippen LogP contribution in [0.3, 0.4) is 0 Å². The van der Waals surface area contributed by atoms with E-state index in [-0.39, 0.29) is 0 Å². The summed E-state index contributed by atoms with van der Waals surface area (Å²) in [5, 5.41) is 4.58. The molecule has 0 aliphatic heterocycles. The molecule has 0 amide bonds. The molecule has 0 bridgehead atoms. The van der Waals surface area contributed by atoms with E-state index < -0.39 is 0 Å². The van der Waals surface area contributed by atoms with E-state index in [0.717, 1.165) is 13.1 Å². The van der Waals surface area contributed by atoms with Crippen molar-refractivity contribution >= 4 is 10.9 Å². The fourth-order valence-corrected chi connectivity index (χ4v) is 2.07. The lowest BCUT2D eigenvalue weighted by Crippen LogP contribution is -2.05. The molecule has 1 aromatic heterocycles. The molecule has 2 heteroatoms. The molecule has 1 heterocycles. The molecule has 2 rings (SSSR count). The molecule has 2 aromatic rings. The van der Waals surface area contributed by atoms with Crippen molar-refractivity contribution in [2.75, 3.05) is 7.05 Å². The number of aryl methyl sites for hydroxylation is 1. The Bertz CT molecular complexity index is 443. The Morgan fingerprint density at radius 3 is 2.87 bits per heavy atom. The summed E-state index contributed by atoms with van der Waals surface area (Å²) in [5.41, 5.74) is 2.73. The number of fused-ring (bicyclic) bond motifs is 1. The van der Waals surface area contributed by atoms with Crippen molar-refractivity contribution in [1.29, 1.82) is 0 Å². The third kappa shape index (κ3) is 1.90. The number of aromatic nitrogens is 1. The Balaban J connectivity index is 2.48. The van der Waals surface area contributed by atoms with Gasteiger partial charge in [0.25, 0.3) is 0 Å². The monoisotopic (exact) mass is 202 g/mol. The zero-order valence-corrected chi connectivity index (χ0v) is 9.46. The van der Waals surface area contributed by atoms with Crippen LogP contribution in [-0.2, 0) is 13.1 Å². The minimum Gasteiger partial charge on any atom is -0.347 e. The molecule has 0 saturated heterocycles. The predicted octanol–water partition coefficient (Wildman–Crippen LogP) is 2.77. The number of nitrogens with one attached hydrogen (secondary N) is 1. The molecule has 2 nitrogen and oxygen atoms in total. The summed E-state index contributed by atoms with van der Waals surface area (Å²) in [4.78, 5) is 0. The fourth-order valence-electron chi connectivity index (χ4n) is 2.07. The zero-order valence-electron chi connectivity index (χ0n) is 9.46. The van der Waals surface area contributed by atoms with Crippen molar-refractivity contribution < 1.29 is 0 Å². The predicted molar refractivity (Wildman–Crippen MR) is 65.0 cm³/mol. The summed E-state index contributed by atoms with van der Waals surface area (Å²) in [6.07, 6.45) is 3.37. The van der Waals surface area contributed by atoms with E-state index in [0.29, 0.717) is 0 Å². The third-order valence-corrected chi connectivity index (χ3v) is 2.74. The van der Waals surface area contributed by atoms with Gasteiger partial charge in [0.1, 0.15) is 0 Å². The van der Waals surface area contributed by atoms with Crippen molar-refractivity contribution in [2.24, 2.45) is 0 Å². The fraction of sp³-hybridized carbons (Fsp3) is 0.385. The number of hydrogen-bond donors (Lipinski definition) is 1. The summed E-state index contributed by atoms with van der Waals surface area (Å²) in [5.74, 6) is 0. The second kappa shape index (κ2) is 4.49. The Hall–Kier alpha value is -1.28. The van der Waals surface area contributed by atoms with Gasteiger partial charge in [-0.3, -0.25) is 0 Å². The highest BCUT2D eigenvalue weighted by molar-refractivity contribution is 5.83. The molecule has 0 aliphatic rings. The second-order valence-corrected chi connectivity index (χ2v) is 3.89. The van der Waals surface area contributed by atoms with Gasteiger partial charge in [-0.15, -0.1) is 0 Å². The molecule has 80 valence electrons. The Kier molecular flexibility index (Phi) is 3.07. The van der Waals surface area contributed by atoms with Crippen molar-refractivity contribution in [3.8, 4) is 0 Å². The van der Waals surface area contributed by atoms with Gasteiger partial charge in [-0.2, -0.15) is 0 Å². The van der Waals surface area contributed by atoms with Crippen LogP contribution in [0.25, 0.3) is 10.9 Å². The molecule has 0 radical (unpaired) electrons. The molecule has 0 atom stereocenters. The van der Waals surface area contributed by atoms with E-state index in [1.807, 2.05) is 7.05 Å². The van der Waals surface area contributed by atoms with Gasteiger partial charge in [0.2, 0.25) is 0 Å². The highest BCUT2D eigenvalue weighted by Gasteiger charge is 2.03. The van der Waals surface area contributed by atoms with Gasteiger partial charge in [0.05, 0.1) is 0 Å². The van der Waals surface area contributed by atoms with E-state index in [2.05, 4.69) is 47.3 Å². The molecule has 0 fully saturated rings. The van der Waals surface area contributed by atoms with Crippen molar-refractivity contribution in [3.05, 3.63) is 36.0 Å². The van der Waals surface area contributed by atoms with Gasteiger partial charge in [-0.25, -0.2) is 0 Å². The average Bonchev–Trinajstić information content (AvgIpc) is 2.64. The highest BCUT2D eigenvalue weighted by Crippen LogP contribution is 2.20. The summed E-state index contributed by atoms with van der Waals surface area (Å²) in [6.45, 7) is 4.25. The van der Waals surface area contributed by atoms with Crippen LogP contribution in [0.15, 0.2) is 30.5 Å². The van der Waals surface area contributed by atoms with Crippen LogP contribution in [0.1, 0.15) is 18.9 Å². The van der Waals surface area contributed by atoms with Crippen LogP contribution in [0.5, 0.6) is 0 Å². The molecule has 0 spiro atoms. The Morgan fingerprint density at radius 1 is 1.27 bits per heavy atom. The summed E-state index contributed by atoms with van der Waals surface area (Å²) >= 11 is 0. The van der Waals surface area contributed by atoms with E-state index in [9.17, 15) is 0 Å². The first-order valence-corrected chi connectivity index (χ1v) is 5.58. The zero-order chi connectivity index (χ0) is 10.7. The van der Waals surface area contributed by atoms with E-state index >= 15 is 0 Å². The van der Waals surface area contributed by atoms with E-state index in [4.69, 9.17) is 0 Å². The van der Waals surface area contributed by atoms with Gasteiger partial charge < -0.3 is 9.88 Å². The first kappa shape index (κ1) is 10.2. The average molecular weight is 202 g/mol. The molecular weight excluding hydrogens is 184 g/mol. The van der Waals surface area contributed by atoms with Crippen LogP contribution in [-0.4, -0.2) is 11.6 Å². The minimum atomic E-state index is 0.938. The summed E-state index contributed by atoms with van der Waals surface area (Å²) in [7, 11) is 1.99. The van der Waals surface area contributed by atoms with Crippen molar-refractivity contribution in [2.45, 2.75) is 26.4 Å². The highest BCUT2D eigenvalue weighted by atomic mass is 14.9. The molecule has 0 aliphatic carbocycles. The molecule has 0 saturated carbocycles. The maximum atomic E-state index is 3.21. The van der Waals surface area contributed by atoms with Crippen molar-refractivity contribution in [1.82, 2.24) is 9.88 Å². The maximum Gasteiger partial charge on any atom is 0.0483 e. The largest absolute Gasteiger partial charge is 0.347 e. The van der Waals surface area contributed by atoms with Crippen molar-refractivity contribution in [3.63, 3.8) is 0 Å². The smallest absolute Gasteiger partial charge is 0.0483 e. The topological polar surface area (TPSA) is 17.0 Å². The first-order valence-electron chi connectivity index (χ1n) is 5.58. The van der Waals surface area contributed by atoms with Crippen LogP contribution >= 0.6 is 0 Å². The molecular formula is C13H18N2. The van der Waals surface area contributed by atoms with Crippen LogP contribution in [0.2, 0.25) is 0 Å². The first-order chi connectivity index (χ1) is 7.36. The quantitative estimate of drug-likeness (QED) is 0.806. The molecule has 15 heavy (non-hydrogen) atoms. The van der Waals surface area contributed by atoms with Gasteiger partial charge >= 0.3 is 0 Å². The number of rotatable bonds is 4. The lowest BCUT2D eigenvalue weighted by Gasteiger charge is -2.05. The van der Waals surface area contributed by atoms with Gasteiger partial charge in [0.15, 0.2) is 0 Å². The summed E-state index contributed by atoms with van der Waals surface area (Å²) in [6, 6.07) is 8.75. The minimum absolute atomic E-state index is 0.938. The van der Waals surface area contributed by atoms with Gasteiger partial charge in [0, 0.05) is 30.2 Å². The lowest BCUT2D eigenvalue weighted by molar-refractivity contribution is 0.703. The SMILES string of the molecule is CCCn1ccc2c(CNC)cccc21. The van der Waals surface area contributed by atoms with Crippen LogP contribution < -0.4 is 5.32 Å². The number of hydrogen-bond acceptors (Lipinski definition) is 1. The Labute approximate surface area is 90.9 Å². The second-order valence-electron chi connectivity index (χ2n) is 3.89. The molecule has 0 unspecified atom stereocenters. The van der Waals surface area contributed by atoms with E-state index in [1.54, 1.807) is 0 Å². The Morgan fingerprint density at radius 2 is 2.13 bits per heavy atom. The molecule has 1 aromatic carbocycles. The lowest BCUT2D eigenvalue weighted by atomic mass is 10.1. The number of nitrogens with zero attached hydrogens (tertiary/aromatic N) is 1. The number of benzene rings is 1. The molecule has 1 N–H and O–H groups in total. The third-order valence-electron chi connectivity index (χ3n) is 2.74. The van der Waals surface area contributed by atoms with Gasteiger partial charge in [-0.1, -0.05) is 19.1 Å². The van der Waals surface area contributed by atoms with Crippen LogP contribution in [0.4, 0.5) is 0 Å². The summed E-state index contributed by atoms with van der Waals surface area (Å²) < 4.78 is 2.33. The van der Waals surface area contributed by atoms with E-state index in [1.165, 1.54) is 22.9 Å². The standard InChI is InChI=1S/C13H18N2/c1-3-8-15-9-7-12-11(10-14-2)5-4-6-13(12)15/h4-7,9,14H,3,8,10H2,1-2H3. The van der Waals surface area contributed by atoms with Crippen LogP contribution in [0, 0.1) is 0 Å². The maximum absolute atomic E-state index is 3.21. The van der Waals surface area contributed by atoms with Gasteiger partial charge in [-0.05, 0) is 31.2 Å².